The minimum atomic E-state index is -0.939. The van der Waals surface area contributed by atoms with Crippen LogP contribution in [0, 0.1) is 11.7 Å². The van der Waals surface area contributed by atoms with Gasteiger partial charge in [-0.25, -0.2) is 9.18 Å². The van der Waals surface area contributed by atoms with Crippen molar-refractivity contribution < 1.29 is 28.6 Å². The van der Waals surface area contributed by atoms with E-state index >= 15 is 0 Å². The Kier molecular flexibility index (Phi) is 6.59. The number of aliphatic carboxylic acids is 1. The van der Waals surface area contributed by atoms with Crippen LogP contribution in [0.3, 0.4) is 0 Å². The lowest BCUT2D eigenvalue weighted by Crippen LogP contribution is -2.37. The maximum Gasteiger partial charge on any atom is 0.410 e. The van der Waals surface area contributed by atoms with E-state index in [4.69, 9.17) is 14.6 Å². The number of ether oxygens (including phenoxy) is 2. The average Bonchev–Trinajstić information content (AvgIpc) is 2.71. The van der Waals surface area contributed by atoms with Gasteiger partial charge in [0, 0.05) is 18.7 Å². The van der Waals surface area contributed by atoms with Crippen molar-refractivity contribution in [3.8, 4) is 16.9 Å². The van der Waals surface area contributed by atoms with E-state index in [-0.39, 0.29) is 24.7 Å². The first-order chi connectivity index (χ1) is 14.3. The second-order valence-corrected chi connectivity index (χ2v) is 7.80. The van der Waals surface area contributed by atoms with Crippen molar-refractivity contribution in [2.24, 2.45) is 5.92 Å². The summed E-state index contributed by atoms with van der Waals surface area (Å²) in [7, 11) is 1.53. The van der Waals surface area contributed by atoms with Crippen LogP contribution in [0.5, 0.6) is 5.75 Å². The monoisotopic (exact) mass is 415 g/mol. The maximum absolute atomic E-state index is 14.5. The number of benzene rings is 2. The molecule has 1 amide bonds. The Hall–Kier alpha value is -3.09. The number of fused-ring (bicyclic) bond motifs is 1. The number of hydrogen-bond acceptors (Lipinski definition) is 4. The van der Waals surface area contributed by atoms with Crippen LogP contribution in [0.2, 0.25) is 0 Å². The number of halogens is 1. The minimum absolute atomic E-state index is 0.131. The van der Waals surface area contributed by atoms with Crippen LogP contribution in [0.25, 0.3) is 11.1 Å². The van der Waals surface area contributed by atoms with Crippen LogP contribution >= 0.6 is 0 Å². The zero-order chi connectivity index (χ0) is 21.8. The zero-order valence-corrected chi connectivity index (χ0v) is 17.4. The Morgan fingerprint density at radius 2 is 1.93 bits per heavy atom. The molecule has 0 aliphatic carbocycles. The van der Waals surface area contributed by atoms with Gasteiger partial charge in [0.2, 0.25) is 0 Å². The molecule has 1 heterocycles. The van der Waals surface area contributed by atoms with Crippen LogP contribution < -0.4 is 4.74 Å². The molecule has 0 bridgehead atoms. The molecular formula is C23H26FNO5. The highest BCUT2D eigenvalue weighted by Gasteiger charge is 2.27. The van der Waals surface area contributed by atoms with Gasteiger partial charge in [0.05, 0.1) is 20.1 Å². The normalized spacial score (nSPS) is 13.2. The molecule has 6 nitrogen and oxygen atoms in total. The molecule has 30 heavy (non-hydrogen) atoms. The molecule has 0 saturated heterocycles. The third-order valence-electron chi connectivity index (χ3n) is 5.06. The molecule has 0 fully saturated rings. The van der Waals surface area contributed by atoms with Crippen LogP contribution in [0.1, 0.15) is 30.5 Å². The summed E-state index contributed by atoms with van der Waals surface area (Å²) in [4.78, 5) is 25.2. The lowest BCUT2D eigenvalue weighted by molar-refractivity contribution is -0.136. The van der Waals surface area contributed by atoms with Crippen molar-refractivity contribution in [2.75, 3.05) is 20.3 Å². The number of rotatable bonds is 6. The van der Waals surface area contributed by atoms with E-state index in [0.29, 0.717) is 47.6 Å². The molecule has 0 unspecified atom stereocenters. The summed E-state index contributed by atoms with van der Waals surface area (Å²) in [6.07, 6.45) is -0.173. The highest BCUT2D eigenvalue weighted by Crippen LogP contribution is 2.37. The van der Waals surface area contributed by atoms with Crippen molar-refractivity contribution in [3.63, 3.8) is 0 Å². The van der Waals surface area contributed by atoms with Gasteiger partial charge in [-0.2, -0.15) is 0 Å². The molecule has 2 aromatic carbocycles. The molecule has 0 atom stereocenters. The van der Waals surface area contributed by atoms with E-state index in [9.17, 15) is 14.0 Å². The molecule has 0 saturated carbocycles. The molecule has 160 valence electrons. The third-order valence-corrected chi connectivity index (χ3v) is 5.06. The molecule has 2 aromatic rings. The fraction of sp³-hybridized carbons (Fsp3) is 0.391. The number of carboxylic acid groups (broad SMARTS) is 1. The van der Waals surface area contributed by atoms with Gasteiger partial charge >= 0.3 is 12.1 Å². The standard InChI is InChI=1S/C23H26FNO5/c1-14(2)13-30-23(28)25-9-8-17-19(12-25)16(5-6-20(17)24)18-10-15(11-22(26)27)4-7-21(18)29-3/h4-7,10,14H,8-9,11-13H2,1-3H3,(H,26,27). The first-order valence-corrected chi connectivity index (χ1v) is 9.91. The number of methoxy groups -OCH3 is 1. The van der Waals surface area contributed by atoms with E-state index in [0.717, 1.165) is 5.56 Å². The number of hydrogen-bond donors (Lipinski definition) is 1. The second kappa shape index (κ2) is 9.15. The van der Waals surface area contributed by atoms with Gasteiger partial charge in [0.25, 0.3) is 0 Å². The quantitative estimate of drug-likeness (QED) is 0.762. The first kappa shape index (κ1) is 21.6. The maximum atomic E-state index is 14.5. The zero-order valence-electron chi connectivity index (χ0n) is 17.4. The van der Waals surface area contributed by atoms with Gasteiger partial charge in [-0.15, -0.1) is 0 Å². The molecule has 3 rings (SSSR count). The molecule has 1 aliphatic heterocycles. The van der Waals surface area contributed by atoms with Gasteiger partial charge in [-0.05, 0) is 52.8 Å². The molecular weight excluding hydrogens is 389 g/mol. The Morgan fingerprint density at radius 1 is 1.17 bits per heavy atom. The predicted octanol–water partition coefficient (Wildman–Crippen LogP) is 4.28. The number of carbonyl (C=O) groups excluding carboxylic acids is 1. The summed E-state index contributed by atoms with van der Waals surface area (Å²) < 4.78 is 25.4. The van der Waals surface area contributed by atoms with Crippen molar-refractivity contribution >= 4 is 12.1 Å². The van der Waals surface area contributed by atoms with E-state index < -0.39 is 12.1 Å². The van der Waals surface area contributed by atoms with E-state index in [1.807, 2.05) is 13.8 Å². The molecule has 1 aliphatic rings. The molecule has 0 radical (unpaired) electrons. The summed E-state index contributed by atoms with van der Waals surface area (Å²) in [6, 6.07) is 8.21. The smallest absolute Gasteiger partial charge is 0.410 e. The van der Waals surface area contributed by atoms with Crippen LogP contribution in [-0.4, -0.2) is 42.3 Å². The summed E-state index contributed by atoms with van der Waals surface area (Å²) in [6.45, 7) is 4.83. The van der Waals surface area contributed by atoms with Crippen molar-refractivity contribution in [2.45, 2.75) is 33.2 Å². The fourth-order valence-electron chi connectivity index (χ4n) is 3.62. The number of nitrogens with zero attached hydrogens (tertiary/aromatic N) is 1. The molecule has 7 heteroatoms. The lowest BCUT2D eigenvalue weighted by Gasteiger charge is -2.30. The number of carboxylic acids is 1. The topological polar surface area (TPSA) is 76.1 Å². The van der Waals surface area contributed by atoms with Gasteiger partial charge in [0.15, 0.2) is 0 Å². The number of amides is 1. The van der Waals surface area contributed by atoms with Crippen LogP contribution in [0.4, 0.5) is 9.18 Å². The van der Waals surface area contributed by atoms with E-state index in [1.54, 1.807) is 29.2 Å². The van der Waals surface area contributed by atoms with Crippen LogP contribution in [-0.2, 0) is 28.9 Å². The Balaban J connectivity index is 2.01. The predicted molar refractivity (Wildman–Crippen MR) is 110 cm³/mol. The van der Waals surface area contributed by atoms with Crippen molar-refractivity contribution in [1.82, 2.24) is 4.90 Å². The summed E-state index contributed by atoms with van der Waals surface area (Å²) in [5, 5.41) is 9.13. The fourth-order valence-corrected chi connectivity index (χ4v) is 3.62. The van der Waals surface area contributed by atoms with Gasteiger partial charge in [-0.3, -0.25) is 4.79 Å². The SMILES string of the molecule is COc1ccc(CC(=O)O)cc1-c1ccc(F)c2c1CN(C(=O)OCC(C)C)CC2. The first-order valence-electron chi connectivity index (χ1n) is 9.91. The van der Waals surface area contributed by atoms with Crippen molar-refractivity contribution in [3.05, 3.63) is 52.8 Å². The summed E-state index contributed by atoms with van der Waals surface area (Å²) in [5.74, 6) is -0.478. The largest absolute Gasteiger partial charge is 0.496 e. The molecule has 0 spiro atoms. The highest BCUT2D eigenvalue weighted by molar-refractivity contribution is 5.78. The Morgan fingerprint density at radius 3 is 2.60 bits per heavy atom. The van der Waals surface area contributed by atoms with Gasteiger partial charge in [-0.1, -0.05) is 26.0 Å². The minimum Gasteiger partial charge on any atom is -0.496 e. The summed E-state index contributed by atoms with van der Waals surface area (Å²) >= 11 is 0. The van der Waals surface area contributed by atoms with E-state index in [1.165, 1.54) is 13.2 Å². The number of carbonyl (C=O) groups is 2. The molecule has 1 N–H and O–H groups in total. The summed E-state index contributed by atoms with van der Waals surface area (Å²) in [5.41, 5.74) is 3.25. The Bertz CT molecular complexity index is 957. The lowest BCUT2D eigenvalue weighted by atomic mass is 9.89. The van der Waals surface area contributed by atoms with Crippen molar-refractivity contribution in [1.29, 1.82) is 0 Å². The second-order valence-electron chi connectivity index (χ2n) is 7.80. The van der Waals surface area contributed by atoms with E-state index in [2.05, 4.69) is 0 Å². The van der Waals surface area contributed by atoms with Crippen LogP contribution in [0.15, 0.2) is 30.3 Å². The third kappa shape index (κ3) is 4.72. The highest BCUT2D eigenvalue weighted by atomic mass is 19.1. The Labute approximate surface area is 175 Å². The van der Waals surface area contributed by atoms with Gasteiger partial charge in [0.1, 0.15) is 11.6 Å². The van der Waals surface area contributed by atoms with Gasteiger partial charge < -0.3 is 19.5 Å². The molecule has 0 aromatic heterocycles. The average molecular weight is 415 g/mol.